The molecule has 0 spiro atoms. The molecule has 0 aromatic heterocycles. The van der Waals surface area contributed by atoms with E-state index in [1.807, 2.05) is 13.0 Å². The van der Waals surface area contributed by atoms with E-state index in [1.54, 1.807) is 95.7 Å². The van der Waals surface area contributed by atoms with E-state index in [9.17, 15) is 30.0 Å². The van der Waals surface area contributed by atoms with E-state index >= 15 is 0 Å². The molecule has 5 fully saturated rings. The molecule has 17 atom stereocenters. The average Bonchev–Trinajstić information content (AvgIpc) is 3.51. The maximum Gasteiger partial charge on any atom is 0.338 e. The van der Waals surface area contributed by atoms with Gasteiger partial charge in [-0.1, -0.05) is 61.9 Å². The van der Waals surface area contributed by atoms with E-state index in [0.29, 0.717) is 43.2 Å². The van der Waals surface area contributed by atoms with Crippen LogP contribution in [-0.4, -0.2) is 131 Å². The normalized spacial score (nSPS) is 44.0. The highest BCUT2D eigenvalue weighted by molar-refractivity contribution is 5.90. The number of aliphatic hydroxyl groups excluding tert-OH is 1. The van der Waals surface area contributed by atoms with Crippen molar-refractivity contribution in [1.82, 2.24) is 0 Å². The van der Waals surface area contributed by atoms with Crippen LogP contribution in [0.1, 0.15) is 113 Å². The second-order valence-corrected chi connectivity index (χ2v) is 19.4. The van der Waals surface area contributed by atoms with Gasteiger partial charge >= 0.3 is 11.9 Å². The van der Waals surface area contributed by atoms with Crippen molar-refractivity contribution in [3.8, 4) is 0 Å². The lowest BCUT2D eigenvalue weighted by atomic mass is 9.42. The third kappa shape index (κ3) is 7.69. The number of benzene rings is 2. The Hall–Kier alpha value is -3.28. The SMILES string of the molecule is CO[C@H]1C[C@H](O[C@@H]2[C@@H](C)O[C@@H](O[C@H]3CC[C@@]4(C)C(=CC[C@]5(O)[C@@H]4C[C@@H](OC(=O)c4ccccc4)[C@@]4(C)[C@]5(O)CC[C@@]4(O)[C@H](C)OC(=O)c4ccccc4)C3)C[C@H]2OC)O[C@H](C)[C@H]1O. The highest BCUT2D eigenvalue weighted by atomic mass is 16.7. The summed E-state index contributed by atoms with van der Waals surface area (Å²) in [5, 5.41) is 49.8. The van der Waals surface area contributed by atoms with Crippen molar-refractivity contribution in [2.75, 3.05) is 14.2 Å². The smallest absolute Gasteiger partial charge is 0.338 e. The van der Waals surface area contributed by atoms with Gasteiger partial charge in [-0.2, -0.15) is 0 Å². The van der Waals surface area contributed by atoms with E-state index in [0.717, 1.165) is 5.57 Å². The number of rotatable bonds is 11. The molecule has 3 saturated carbocycles. The van der Waals surface area contributed by atoms with Crippen molar-refractivity contribution < 1.29 is 67.9 Å². The van der Waals surface area contributed by atoms with E-state index < -0.39 is 101 Å². The molecular weight excluding hydrogens is 813 g/mol. The third-order valence-corrected chi connectivity index (χ3v) is 16.4. The lowest BCUT2D eigenvalue weighted by Gasteiger charge is -2.67. The van der Waals surface area contributed by atoms with Crippen LogP contribution in [0.2, 0.25) is 0 Å². The number of aliphatic hydroxyl groups is 4. The molecule has 4 N–H and O–H groups in total. The molecular formula is C49H66O14. The average molecular weight is 879 g/mol. The van der Waals surface area contributed by atoms with Crippen molar-refractivity contribution in [1.29, 1.82) is 0 Å². The number of methoxy groups -OCH3 is 2. The van der Waals surface area contributed by atoms with Crippen LogP contribution in [0.4, 0.5) is 0 Å². The minimum Gasteiger partial charge on any atom is -0.458 e. The van der Waals surface area contributed by atoms with Crippen LogP contribution in [0.15, 0.2) is 72.3 Å². The summed E-state index contributed by atoms with van der Waals surface area (Å²) in [5.74, 6) is -1.83. The first-order valence-corrected chi connectivity index (χ1v) is 22.7. The molecule has 14 heteroatoms. The molecule has 0 bridgehead atoms. The van der Waals surface area contributed by atoms with Crippen LogP contribution in [0.25, 0.3) is 0 Å². The summed E-state index contributed by atoms with van der Waals surface area (Å²) in [4.78, 5) is 27.3. The first-order valence-electron chi connectivity index (χ1n) is 22.7. The van der Waals surface area contributed by atoms with Crippen LogP contribution < -0.4 is 0 Å². The fraction of sp³-hybridized carbons (Fsp3) is 0.673. The first-order chi connectivity index (χ1) is 29.9. The molecule has 0 amide bonds. The maximum absolute atomic E-state index is 14.0. The zero-order valence-electron chi connectivity index (χ0n) is 37.5. The monoisotopic (exact) mass is 878 g/mol. The molecule has 346 valence electrons. The Morgan fingerprint density at radius 1 is 0.778 bits per heavy atom. The molecule has 4 aliphatic carbocycles. The molecule has 2 aromatic carbocycles. The minimum atomic E-state index is -1.96. The number of hydrogen-bond donors (Lipinski definition) is 4. The van der Waals surface area contributed by atoms with Gasteiger partial charge < -0.3 is 58.3 Å². The Morgan fingerprint density at radius 3 is 2.03 bits per heavy atom. The third-order valence-electron chi connectivity index (χ3n) is 16.4. The Labute approximate surface area is 370 Å². The quantitative estimate of drug-likeness (QED) is 0.165. The van der Waals surface area contributed by atoms with Gasteiger partial charge in [-0.25, -0.2) is 9.59 Å². The van der Waals surface area contributed by atoms with Crippen LogP contribution in [-0.2, 0) is 37.9 Å². The largest absolute Gasteiger partial charge is 0.458 e. The second-order valence-electron chi connectivity index (χ2n) is 19.4. The fourth-order valence-electron chi connectivity index (χ4n) is 12.5. The van der Waals surface area contributed by atoms with Crippen LogP contribution >= 0.6 is 0 Å². The van der Waals surface area contributed by atoms with Gasteiger partial charge in [0.25, 0.3) is 0 Å². The number of ether oxygens (including phenoxy) is 8. The fourth-order valence-corrected chi connectivity index (χ4v) is 12.5. The van der Waals surface area contributed by atoms with Gasteiger partial charge in [-0.3, -0.25) is 0 Å². The van der Waals surface area contributed by atoms with E-state index in [4.69, 9.17) is 37.9 Å². The summed E-state index contributed by atoms with van der Waals surface area (Å²) in [7, 11) is 3.20. The van der Waals surface area contributed by atoms with Crippen LogP contribution in [0.3, 0.4) is 0 Å². The zero-order valence-corrected chi connectivity index (χ0v) is 37.5. The Balaban J connectivity index is 1.02. The van der Waals surface area contributed by atoms with Crippen molar-refractivity contribution in [2.45, 2.75) is 177 Å². The van der Waals surface area contributed by atoms with Crippen molar-refractivity contribution in [3.05, 3.63) is 83.4 Å². The molecule has 2 aliphatic heterocycles. The Kier molecular flexibility index (Phi) is 12.9. The van der Waals surface area contributed by atoms with Gasteiger partial charge in [-0.05, 0) is 95.4 Å². The molecule has 8 rings (SSSR count). The van der Waals surface area contributed by atoms with Gasteiger partial charge in [0.15, 0.2) is 12.6 Å². The molecule has 14 nitrogen and oxygen atoms in total. The lowest BCUT2D eigenvalue weighted by Crippen LogP contribution is -2.78. The van der Waals surface area contributed by atoms with Gasteiger partial charge in [0.1, 0.15) is 41.2 Å². The maximum atomic E-state index is 14.0. The van der Waals surface area contributed by atoms with Crippen LogP contribution in [0.5, 0.6) is 0 Å². The topological polar surface area (TPSA) is 189 Å². The van der Waals surface area contributed by atoms with Crippen molar-refractivity contribution >= 4 is 11.9 Å². The summed E-state index contributed by atoms with van der Waals surface area (Å²) in [6, 6.07) is 17.1. The molecule has 2 heterocycles. The molecule has 2 aromatic rings. The first kappa shape index (κ1) is 46.3. The highest BCUT2D eigenvalue weighted by Crippen LogP contribution is 2.71. The van der Waals surface area contributed by atoms with Gasteiger partial charge in [0.2, 0.25) is 0 Å². The standard InChI is InChI=1S/C49H66O14/c1-28-41(50)35(56-6)25-40(58-28)63-42-29(2)59-39(26-36(42)57-7)61-34-19-20-45(4)33(24-34)18-21-48(54)37(45)27-38(62-44(52)32-16-12-9-13-17-32)46(5)47(53,22-23-49(46,48)55)30(3)60-43(51)31-14-10-8-11-15-31/h8-18,28-30,34-42,50,53-55H,19-27H2,1-7H3/t28-,29-,30+,34+,35+,36-,37-,38-,39+,40+,41-,42-,45+,46-,47-,48+,49-/m1/s1. The summed E-state index contributed by atoms with van der Waals surface area (Å²) in [6.07, 6.45) is -1.68. The highest BCUT2D eigenvalue weighted by Gasteiger charge is 2.81. The Morgan fingerprint density at radius 2 is 1.38 bits per heavy atom. The summed E-state index contributed by atoms with van der Waals surface area (Å²) >= 11 is 0. The van der Waals surface area contributed by atoms with Gasteiger partial charge in [-0.15, -0.1) is 0 Å². The molecule has 63 heavy (non-hydrogen) atoms. The van der Waals surface area contributed by atoms with Crippen LogP contribution in [0, 0.1) is 16.7 Å². The number of carbonyl (C=O) groups excluding carboxylic acids is 2. The van der Waals surface area contributed by atoms with E-state index in [1.165, 1.54) is 0 Å². The van der Waals surface area contributed by atoms with E-state index in [-0.39, 0.29) is 37.9 Å². The summed E-state index contributed by atoms with van der Waals surface area (Å²) in [6.45, 7) is 9.09. The predicted molar refractivity (Wildman–Crippen MR) is 227 cm³/mol. The second kappa shape index (κ2) is 17.5. The molecule has 0 unspecified atom stereocenters. The lowest BCUT2D eigenvalue weighted by molar-refractivity contribution is -0.327. The molecule has 0 radical (unpaired) electrons. The number of fused-ring (bicyclic) bond motifs is 5. The number of carbonyl (C=O) groups is 2. The number of esters is 2. The van der Waals surface area contributed by atoms with E-state index in [2.05, 4.69) is 6.92 Å². The van der Waals surface area contributed by atoms with Gasteiger partial charge in [0, 0.05) is 33.0 Å². The number of hydrogen-bond acceptors (Lipinski definition) is 14. The van der Waals surface area contributed by atoms with Crippen molar-refractivity contribution in [2.24, 2.45) is 16.7 Å². The van der Waals surface area contributed by atoms with Gasteiger partial charge in [0.05, 0.1) is 47.1 Å². The minimum absolute atomic E-state index is 0.0152. The van der Waals surface area contributed by atoms with Crippen molar-refractivity contribution in [3.63, 3.8) is 0 Å². The molecule has 6 aliphatic rings. The Bertz CT molecular complexity index is 1980. The predicted octanol–water partition coefficient (Wildman–Crippen LogP) is 5.42. The zero-order chi connectivity index (χ0) is 45.1. The summed E-state index contributed by atoms with van der Waals surface area (Å²) in [5.41, 5.74) is -6.20. The summed E-state index contributed by atoms with van der Waals surface area (Å²) < 4.78 is 49.3. The molecule has 2 saturated heterocycles.